The zero-order valence-corrected chi connectivity index (χ0v) is 12.4. The fourth-order valence-electron chi connectivity index (χ4n) is 3.08. The molecule has 1 aliphatic rings. The molecule has 1 unspecified atom stereocenters. The Morgan fingerprint density at radius 3 is 2.39 bits per heavy atom. The standard InChI is InChI=1S/C16H25NS/c1-3-18-15-11-9-14(10-12-15)16(17-2)13-7-5-4-6-8-13/h9-13,16-17H,3-8H2,1-2H3. The lowest BCUT2D eigenvalue weighted by Gasteiger charge is -2.30. The van der Waals surface area contributed by atoms with E-state index in [1.807, 2.05) is 11.8 Å². The first-order valence-corrected chi connectivity index (χ1v) is 8.23. The number of benzene rings is 1. The molecule has 1 nitrogen and oxygen atoms in total. The lowest BCUT2D eigenvalue weighted by atomic mass is 9.81. The van der Waals surface area contributed by atoms with Crippen LogP contribution in [0.4, 0.5) is 0 Å². The Labute approximate surface area is 116 Å². The normalized spacial score (nSPS) is 18.8. The van der Waals surface area contributed by atoms with Crippen LogP contribution in [-0.2, 0) is 0 Å². The number of hydrogen-bond acceptors (Lipinski definition) is 2. The molecule has 0 amide bonds. The summed E-state index contributed by atoms with van der Waals surface area (Å²) in [5, 5.41) is 3.53. The molecule has 0 heterocycles. The minimum absolute atomic E-state index is 0.547. The fourth-order valence-corrected chi connectivity index (χ4v) is 3.74. The molecule has 100 valence electrons. The van der Waals surface area contributed by atoms with Crippen molar-refractivity contribution in [1.82, 2.24) is 5.32 Å². The highest BCUT2D eigenvalue weighted by molar-refractivity contribution is 7.99. The van der Waals surface area contributed by atoms with E-state index < -0.39 is 0 Å². The third-order valence-electron chi connectivity index (χ3n) is 3.98. The molecule has 18 heavy (non-hydrogen) atoms. The van der Waals surface area contributed by atoms with Gasteiger partial charge in [0.25, 0.3) is 0 Å². The molecule has 1 aromatic rings. The smallest absolute Gasteiger partial charge is 0.0346 e. The van der Waals surface area contributed by atoms with Gasteiger partial charge in [-0.25, -0.2) is 0 Å². The molecule has 2 heteroatoms. The first-order chi connectivity index (χ1) is 8.85. The van der Waals surface area contributed by atoms with Gasteiger partial charge in [-0.2, -0.15) is 0 Å². The summed E-state index contributed by atoms with van der Waals surface area (Å²) < 4.78 is 0. The maximum atomic E-state index is 3.53. The summed E-state index contributed by atoms with van der Waals surface area (Å²) in [5.41, 5.74) is 1.46. The molecule has 1 atom stereocenters. The number of nitrogens with one attached hydrogen (secondary N) is 1. The van der Waals surface area contributed by atoms with Crippen LogP contribution in [0.25, 0.3) is 0 Å². The van der Waals surface area contributed by atoms with Crippen LogP contribution < -0.4 is 5.32 Å². The zero-order valence-electron chi connectivity index (χ0n) is 11.6. The van der Waals surface area contributed by atoms with E-state index in [2.05, 4.69) is 43.6 Å². The molecular weight excluding hydrogens is 238 g/mol. The van der Waals surface area contributed by atoms with Crippen molar-refractivity contribution in [2.24, 2.45) is 5.92 Å². The molecule has 0 radical (unpaired) electrons. The predicted octanol–water partition coefficient (Wildman–Crippen LogP) is 4.64. The van der Waals surface area contributed by atoms with Crippen LogP contribution in [0.2, 0.25) is 0 Å². The third-order valence-corrected chi connectivity index (χ3v) is 4.88. The van der Waals surface area contributed by atoms with Crippen LogP contribution in [0.5, 0.6) is 0 Å². The van der Waals surface area contributed by atoms with Gasteiger partial charge in [-0.05, 0) is 49.3 Å². The number of rotatable bonds is 5. The SMILES string of the molecule is CCSc1ccc(C(NC)C2CCCCC2)cc1. The summed E-state index contributed by atoms with van der Waals surface area (Å²) in [6, 6.07) is 9.72. The van der Waals surface area contributed by atoms with E-state index in [4.69, 9.17) is 0 Å². The summed E-state index contributed by atoms with van der Waals surface area (Å²) in [5.74, 6) is 1.98. The van der Waals surface area contributed by atoms with Crippen LogP contribution in [0.1, 0.15) is 50.6 Å². The van der Waals surface area contributed by atoms with Crippen molar-refractivity contribution in [2.45, 2.75) is 50.0 Å². The van der Waals surface area contributed by atoms with E-state index in [0.717, 1.165) is 11.7 Å². The molecule has 1 fully saturated rings. The Hall–Kier alpha value is -0.470. The Morgan fingerprint density at radius 1 is 1.17 bits per heavy atom. The highest BCUT2D eigenvalue weighted by Gasteiger charge is 2.23. The van der Waals surface area contributed by atoms with Gasteiger partial charge in [0.15, 0.2) is 0 Å². The van der Waals surface area contributed by atoms with E-state index in [1.54, 1.807) is 0 Å². The lowest BCUT2D eigenvalue weighted by Crippen LogP contribution is -2.26. The van der Waals surface area contributed by atoms with Gasteiger partial charge in [0.1, 0.15) is 0 Å². The second-order valence-electron chi connectivity index (χ2n) is 5.17. The van der Waals surface area contributed by atoms with Gasteiger partial charge < -0.3 is 5.32 Å². The van der Waals surface area contributed by atoms with Crippen molar-refractivity contribution < 1.29 is 0 Å². The first-order valence-electron chi connectivity index (χ1n) is 7.25. The van der Waals surface area contributed by atoms with E-state index in [-0.39, 0.29) is 0 Å². The molecule has 0 aliphatic heterocycles. The molecule has 0 spiro atoms. The first kappa shape index (κ1) is 14.0. The van der Waals surface area contributed by atoms with Crippen LogP contribution in [0.15, 0.2) is 29.2 Å². The summed E-state index contributed by atoms with van der Waals surface area (Å²) in [6.07, 6.45) is 7.02. The van der Waals surface area contributed by atoms with Gasteiger partial charge in [0.05, 0.1) is 0 Å². The van der Waals surface area contributed by atoms with Crippen molar-refractivity contribution in [3.8, 4) is 0 Å². The predicted molar refractivity (Wildman–Crippen MR) is 81.2 cm³/mol. The van der Waals surface area contributed by atoms with Gasteiger partial charge >= 0.3 is 0 Å². The topological polar surface area (TPSA) is 12.0 Å². The molecule has 1 saturated carbocycles. The van der Waals surface area contributed by atoms with Gasteiger partial charge in [-0.1, -0.05) is 38.3 Å². The molecule has 1 aromatic carbocycles. The molecule has 0 aromatic heterocycles. The van der Waals surface area contributed by atoms with Gasteiger partial charge in [-0.15, -0.1) is 11.8 Å². The Bertz CT molecular complexity index is 341. The maximum Gasteiger partial charge on any atom is 0.0346 e. The van der Waals surface area contributed by atoms with Crippen molar-refractivity contribution in [3.63, 3.8) is 0 Å². The van der Waals surface area contributed by atoms with Crippen molar-refractivity contribution >= 4 is 11.8 Å². The minimum atomic E-state index is 0.547. The number of hydrogen-bond donors (Lipinski definition) is 1. The maximum absolute atomic E-state index is 3.53. The summed E-state index contributed by atoms with van der Waals surface area (Å²) in [4.78, 5) is 1.39. The Morgan fingerprint density at radius 2 is 1.83 bits per heavy atom. The largest absolute Gasteiger partial charge is 0.313 e. The van der Waals surface area contributed by atoms with Gasteiger partial charge in [0.2, 0.25) is 0 Å². The Kier molecular flexibility index (Phi) is 5.58. The van der Waals surface area contributed by atoms with Crippen molar-refractivity contribution in [3.05, 3.63) is 29.8 Å². The van der Waals surface area contributed by atoms with Gasteiger partial charge in [0, 0.05) is 10.9 Å². The fraction of sp³-hybridized carbons (Fsp3) is 0.625. The van der Waals surface area contributed by atoms with Crippen LogP contribution in [0.3, 0.4) is 0 Å². The van der Waals surface area contributed by atoms with Crippen LogP contribution >= 0.6 is 11.8 Å². The number of thioether (sulfide) groups is 1. The second kappa shape index (κ2) is 7.20. The van der Waals surface area contributed by atoms with E-state index in [0.29, 0.717) is 6.04 Å². The monoisotopic (exact) mass is 263 g/mol. The Balaban J connectivity index is 2.06. The van der Waals surface area contributed by atoms with E-state index >= 15 is 0 Å². The highest BCUT2D eigenvalue weighted by Crippen LogP contribution is 2.34. The van der Waals surface area contributed by atoms with Crippen LogP contribution in [0, 0.1) is 5.92 Å². The molecule has 1 N–H and O–H groups in total. The van der Waals surface area contributed by atoms with E-state index in [9.17, 15) is 0 Å². The molecule has 2 rings (SSSR count). The molecule has 0 saturated heterocycles. The summed E-state index contributed by atoms with van der Waals surface area (Å²) in [6.45, 7) is 2.21. The highest BCUT2D eigenvalue weighted by atomic mass is 32.2. The third kappa shape index (κ3) is 3.52. The molecule has 0 bridgehead atoms. The summed E-state index contributed by atoms with van der Waals surface area (Å²) in [7, 11) is 2.11. The summed E-state index contributed by atoms with van der Waals surface area (Å²) >= 11 is 1.92. The van der Waals surface area contributed by atoms with Crippen molar-refractivity contribution in [1.29, 1.82) is 0 Å². The average Bonchev–Trinajstić information content (AvgIpc) is 2.43. The van der Waals surface area contributed by atoms with Gasteiger partial charge in [-0.3, -0.25) is 0 Å². The lowest BCUT2D eigenvalue weighted by molar-refractivity contribution is 0.281. The zero-order chi connectivity index (χ0) is 12.8. The van der Waals surface area contributed by atoms with E-state index in [1.165, 1.54) is 42.6 Å². The average molecular weight is 263 g/mol. The quantitative estimate of drug-likeness (QED) is 0.777. The molecular formula is C16H25NS. The molecule has 1 aliphatic carbocycles. The minimum Gasteiger partial charge on any atom is -0.313 e. The van der Waals surface area contributed by atoms with Crippen molar-refractivity contribution in [2.75, 3.05) is 12.8 Å². The van der Waals surface area contributed by atoms with Crippen LogP contribution in [-0.4, -0.2) is 12.8 Å². The second-order valence-corrected chi connectivity index (χ2v) is 6.50.